The summed E-state index contributed by atoms with van der Waals surface area (Å²) >= 11 is 0. The molecule has 0 radical (unpaired) electrons. The number of benzene rings is 1. The van der Waals surface area contributed by atoms with Gasteiger partial charge in [-0.25, -0.2) is 4.39 Å². The lowest BCUT2D eigenvalue weighted by atomic mass is 9.69. The smallest absolute Gasteiger partial charge is 0.126 e. The van der Waals surface area contributed by atoms with Crippen LogP contribution in [0.15, 0.2) is 18.2 Å². The van der Waals surface area contributed by atoms with Crippen molar-refractivity contribution in [3.8, 4) is 0 Å². The average Bonchev–Trinajstić information content (AvgIpc) is 2.57. The fourth-order valence-electron chi connectivity index (χ4n) is 4.94. The van der Waals surface area contributed by atoms with Gasteiger partial charge in [0.1, 0.15) is 5.82 Å². The van der Waals surface area contributed by atoms with Gasteiger partial charge >= 0.3 is 0 Å². The van der Waals surface area contributed by atoms with Crippen molar-refractivity contribution in [1.82, 2.24) is 0 Å². The Labute approximate surface area is 141 Å². The van der Waals surface area contributed by atoms with E-state index in [0.29, 0.717) is 0 Å². The van der Waals surface area contributed by atoms with Crippen molar-refractivity contribution in [2.75, 3.05) is 0 Å². The second kappa shape index (κ2) is 7.81. The zero-order valence-corrected chi connectivity index (χ0v) is 15.0. The number of hydrogen-bond acceptors (Lipinski definition) is 0. The maximum atomic E-state index is 13.3. The lowest BCUT2D eigenvalue weighted by molar-refractivity contribution is 0.148. The van der Waals surface area contributed by atoms with Crippen molar-refractivity contribution in [1.29, 1.82) is 0 Å². The van der Waals surface area contributed by atoms with E-state index in [1.165, 1.54) is 63.4 Å². The van der Waals surface area contributed by atoms with E-state index in [2.05, 4.69) is 6.92 Å². The first-order valence-electron chi connectivity index (χ1n) is 9.87. The van der Waals surface area contributed by atoms with Crippen molar-refractivity contribution < 1.29 is 4.39 Å². The molecule has 23 heavy (non-hydrogen) atoms. The quantitative estimate of drug-likeness (QED) is 0.580. The summed E-state index contributed by atoms with van der Waals surface area (Å²) in [7, 11) is 0. The summed E-state index contributed by atoms with van der Waals surface area (Å²) in [5, 5.41) is 0. The minimum absolute atomic E-state index is 0.0731. The van der Waals surface area contributed by atoms with Crippen LogP contribution in [0.5, 0.6) is 0 Å². The molecule has 128 valence electrons. The zero-order valence-electron chi connectivity index (χ0n) is 15.0. The van der Waals surface area contributed by atoms with Gasteiger partial charge in [-0.15, -0.1) is 0 Å². The molecule has 0 spiro atoms. The van der Waals surface area contributed by atoms with Crippen LogP contribution in [0.4, 0.5) is 4.39 Å². The van der Waals surface area contributed by atoms with E-state index in [4.69, 9.17) is 0 Å². The van der Waals surface area contributed by atoms with Gasteiger partial charge in [0.2, 0.25) is 0 Å². The summed E-state index contributed by atoms with van der Waals surface area (Å²) in [6.45, 7) is 4.29. The van der Waals surface area contributed by atoms with Crippen molar-refractivity contribution in [2.45, 2.75) is 78.1 Å². The molecule has 0 nitrogen and oxygen atoms in total. The Balaban J connectivity index is 1.41. The maximum absolute atomic E-state index is 13.3. The Bertz CT molecular complexity index is 491. The molecule has 0 heterocycles. The average molecular weight is 317 g/mol. The third-order valence-corrected chi connectivity index (χ3v) is 6.68. The molecule has 1 aromatic rings. The highest BCUT2D eigenvalue weighted by molar-refractivity contribution is 5.24. The van der Waals surface area contributed by atoms with Crippen LogP contribution < -0.4 is 0 Å². The third kappa shape index (κ3) is 4.58. The van der Waals surface area contributed by atoms with Gasteiger partial charge in [-0.05, 0) is 86.3 Å². The molecule has 2 fully saturated rings. The summed E-state index contributed by atoms with van der Waals surface area (Å²) in [5.41, 5.74) is 2.10. The molecular weight excluding hydrogens is 283 g/mol. The molecule has 0 aliphatic heterocycles. The largest absolute Gasteiger partial charge is 0.207 e. The Morgan fingerprint density at radius 2 is 1.52 bits per heavy atom. The number of rotatable bonds is 4. The maximum Gasteiger partial charge on any atom is 0.126 e. The lowest BCUT2D eigenvalue weighted by Gasteiger charge is -2.37. The van der Waals surface area contributed by atoms with E-state index in [9.17, 15) is 4.39 Å². The highest BCUT2D eigenvalue weighted by atomic mass is 19.1. The predicted octanol–water partition coefficient (Wildman–Crippen LogP) is 6.70. The van der Waals surface area contributed by atoms with E-state index >= 15 is 0 Å². The minimum atomic E-state index is -0.0731. The van der Waals surface area contributed by atoms with Crippen LogP contribution >= 0.6 is 0 Å². The standard InChI is InChI=1S/C22H33F/c1-16-3-10-20(11-4-16)21-12-7-18(8-13-21)5-6-19-9-14-22(23)17(2)15-19/h9,14-16,18,20-21H,3-8,10-13H2,1-2H3. The Hall–Kier alpha value is -0.850. The summed E-state index contributed by atoms with van der Waals surface area (Å²) in [6.07, 6.45) is 14.1. The van der Waals surface area contributed by atoms with Crippen molar-refractivity contribution in [3.05, 3.63) is 35.1 Å². The summed E-state index contributed by atoms with van der Waals surface area (Å²) < 4.78 is 13.3. The topological polar surface area (TPSA) is 0 Å². The van der Waals surface area contributed by atoms with Gasteiger partial charge in [0.05, 0.1) is 0 Å². The molecule has 2 saturated carbocycles. The lowest BCUT2D eigenvalue weighted by Crippen LogP contribution is -2.25. The van der Waals surface area contributed by atoms with Gasteiger partial charge in [0, 0.05) is 0 Å². The molecule has 0 saturated heterocycles. The molecule has 1 aromatic carbocycles. The normalized spacial score (nSPS) is 32.0. The molecule has 0 bridgehead atoms. The molecule has 0 aromatic heterocycles. The zero-order chi connectivity index (χ0) is 16.2. The van der Waals surface area contributed by atoms with Gasteiger partial charge in [0.25, 0.3) is 0 Å². The van der Waals surface area contributed by atoms with Gasteiger partial charge in [-0.1, -0.05) is 44.7 Å². The molecular formula is C22H33F. The van der Waals surface area contributed by atoms with Gasteiger partial charge in [0.15, 0.2) is 0 Å². The van der Waals surface area contributed by atoms with Crippen molar-refractivity contribution in [3.63, 3.8) is 0 Å². The van der Waals surface area contributed by atoms with Gasteiger partial charge in [-0.3, -0.25) is 0 Å². The van der Waals surface area contributed by atoms with Crippen LogP contribution in [0.2, 0.25) is 0 Å². The summed E-state index contributed by atoms with van der Waals surface area (Å²) in [4.78, 5) is 0. The highest BCUT2D eigenvalue weighted by Gasteiger charge is 2.29. The van der Waals surface area contributed by atoms with Gasteiger partial charge in [-0.2, -0.15) is 0 Å². The second-order valence-corrected chi connectivity index (χ2v) is 8.42. The molecule has 3 rings (SSSR count). The number of aryl methyl sites for hydroxylation is 2. The summed E-state index contributed by atoms with van der Waals surface area (Å²) in [5.74, 6) is 3.86. The SMILES string of the molecule is Cc1cc(CCC2CCC(C3CCC(C)CC3)CC2)ccc1F. The predicted molar refractivity (Wildman–Crippen MR) is 96.0 cm³/mol. The highest BCUT2D eigenvalue weighted by Crippen LogP contribution is 2.42. The van der Waals surface area contributed by atoms with Crippen LogP contribution in [0.1, 0.15) is 75.8 Å². The van der Waals surface area contributed by atoms with Crippen molar-refractivity contribution in [2.24, 2.45) is 23.7 Å². The van der Waals surface area contributed by atoms with E-state index in [0.717, 1.165) is 35.7 Å². The third-order valence-electron chi connectivity index (χ3n) is 6.68. The molecule has 0 amide bonds. The molecule has 0 N–H and O–H groups in total. The second-order valence-electron chi connectivity index (χ2n) is 8.42. The van der Waals surface area contributed by atoms with Crippen LogP contribution in [0.25, 0.3) is 0 Å². The first kappa shape index (κ1) is 17.0. The fraction of sp³-hybridized carbons (Fsp3) is 0.727. The summed E-state index contributed by atoms with van der Waals surface area (Å²) in [6, 6.07) is 5.63. The number of halogens is 1. The van der Waals surface area contributed by atoms with Crippen LogP contribution in [0.3, 0.4) is 0 Å². The minimum Gasteiger partial charge on any atom is -0.207 e. The molecule has 0 unspecified atom stereocenters. The first-order valence-corrected chi connectivity index (χ1v) is 9.87. The first-order chi connectivity index (χ1) is 11.1. The van der Waals surface area contributed by atoms with E-state index in [1.54, 1.807) is 6.07 Å². The Morgan fingerprint density at radius 1 is 0.913 bits per heavy atom. The van der Waals surface area contributed by atoms with E-state index in [1.807, 2.05) is 19.1 Å². The molecule has 0 atom stereocenters. The number of hydrogen-bond donors (Lipinski definition) is 0. The molecule has 1 heteroatoms. The molecule has 2 aliphatic rings. The monoisotopic (exact) mass is 316 g/mol. The Morgan fingerprint density at radius 3 is 2.13 bits per heavy atom. The van der Waals surface area contributed by atoms with E-state index < -0.39 is 0 Å². The van der Waals surface area contributed by atoms with Crippen LogP contribution in [-0.2, 0) is 6.42 Å². The Kier molecular flexibility index (Phi) is 5.77. The van der Waals surface area contributed by atoms with Crippen LogP contribution in [0, 0.1) is 36.4 Å². The van der Waals surface area contributed by atoms with Crippen molar-refractivity contribution >= 4 is 0 Å². The molecule has 2 aliphatic carbocycles. The van der Waals surface area contributed by atoms with Crippen LogP contribution in [-0.4, -0.2) is 0 Å². The fourth-order valence-corrected chi connectivity index (χ4v) is 4.94. The van der Waals surface area contributed by atoms with E-state index in [-0.39, 0.29) is 5.82 Å². The van der Waals surface area contributed by atoms with Gasteiger partial charge < -0.3 is 0 Å².